The summed E-state index contributed by atoms with van der Waals surface area (Å²) in [7, 11) is 1.77. The summed E-state index contributed by atoms with van der Waals surface area (Å²) in [5, 5.41) is 10.9. The zero-order valence-electron chi connectivity index (χ0n) is 19.0. The summed E-state index contributed by atoms with van der Waals surface area (Å²) in [4.78, 5) is 29.6. The number of benzene rings is 2. The Morgan fingerprint density at radius 3 is 2.65 bits per heavy atom. The Hall–Kier alpha value is -3.40. The summed E-state index contributed by atoms with van der Waals surface area (Å²) in [5.41, 5.74) is 9.12. The first kappa shape index (κ1) is 23.7. The molecule has 1 unspecified atom stereocenters. The van der Waals surface area contributed by atoms with E-state index in [1.807, 2.05) is 41.3 Å². The van der Waals surface area contributed by atoms with Crippen LogP contribution in [0, 0.1) is 0 Å². The van der Waals surface area contributed by atoms with Crippen molar-refractivity contribution in [1.29, 1.82) is 0 Å². The molecule has 9 nitrogen and oxygen atoms in total. The number of carbonyl (C=O) groups excluding carboxylic acids is 2. The van der Waals surface area contributed by atoms with Crippen LogP contribution in [-0.2, 0) is 24.9 Å². The van der Waals surface area contributed by atoms with Gasteiger partial charge in [0, 0.05) is 36.5 Å². The van der Waals surface area contributed by atoms with Crippen molar-refractivity contribution < 1.29 is 9.59 Å². The van der Waals surface area contributed by atoms with Gasteiger partial charge in [-0.1, -0.05) is 51.5 Å². The molecule has 1 aliphatic heterocycles. The lowest BCUT2D eigenvalue weighted by Crippen LogP contribution is -2.45. The predicted molar refractivity (Wildman–Crippen MR) is 132 cm³/mol. The molecule has 2 heterocycles. The zero-order valence-corrected chi connectivity index (χ0v) is 20.6. The van der Waals surface area contributed by atoms with E-state index in [9.17, 15) is 9.59 Å². The van der Waals surface area contributed by atoms with Gasteiger partial charge in [0.25, 0.3) is 0 Å². The number of nitrogens with one attached hydrogen (secondary N) is 1. The molecule has 3 aromatic rings. The normalized spacial score (nSPS) is 15.4. The fourth-order valence-electron chi connectivity index (χ4n) is 4.20. The number of aromatic nitrogens is 3. The van der Waals surface area contributed by atoms with Gasteiger partial charge in [-0.15, -0.1) is 5.10 Å². The number of carbonyl (C=O) groups is 2. The van der Waals surface area contributed by atoms with E-state index >= 15 is 0 Å². The van der Waals surface area contributed by atoms with Gasteiger partial charge in [0.1, 0.15) is 5.69 Å². The third kappa shape index (κ3) is 5.74. The van der Waals surface area contributed by atoms with Gasteiger partial charge >= 0.3 is 6.03 Å². The van der Waals surface area contributed by atoms with E-state index in [-0.39, 0.29) is 31.1 Å². The number of hydrogen-bond donors (Lipinski definition) is 2. The molecule has 4 rings (SSSR count). The number of likely N-dealkylation sites (tertiary alicyclic amines) is 1. The molecule has 0 saturated carbocycles. The van der Waals surface area contributed by atoms with E-state index in [4.69, 9.17) is 5.73 Å². The minimum atomic E-state index is -0.340. The molecule has 34 heavy (non-hydrogen) atoms. The van der Waals surface area contributed by atoms with Crippen LogP contribution in [0.15, 0.2) is 59.2 Å². The number of nitrogen functional groups attached to an aromatic ring is 1. The zero-order chi connectivity index (χ0) is 24.1. The molecule has 0 spiro atoms. The second-order valence-corrected chi connectivity index (χ2v) is 9.26. The summed E-state index contributed by atoms with van der Waals surface area (Å²) in [6.45, 7) is 1.22. The van der Waals surface area contributed by atoms with Gasteiger partial charge in [-0.05, 0) is 42.2 Å². The topological polar surface area (TPSA) is 109 Å². The number of rotatable bonds is 7. The molecule has 0 aliphatic carbocycles. The highest BCUT2D eigenvalue weighted by Crippen LogP contribution is 2.35. The van der Waals surface area contributed by atoms with Crippen molar-refractivity contribution in [2.24, 2.45) is 7.05 Å². The van der Waals surface area contributed by atoms with Crippen LogP contribution in [0.1, 0.15) is 35.7 Å². The molecule has 0 bridgehead atoms. The molecule has 1 saturated heterocycles. The average molecular weight is 526 g/mol. The van der Waals surface area contributed by atoms with Gasteiger partial charge in [0.2, 0.25) is 5.91 Å². The van der Waals surface area contributed by atoms with E-state index in [0.29, 0.717) is 24.5 Å². The summed E-state index contributed by atoms with van der Waals surface area (Å²) in [6.07, 6.45) is 3.60. The molecule has 3 N–H and O–H groups in total. The lowest BCUT2D eigenvalue weighted by Gasteiger charge is -2.27. The fraction of sp³-hybridized carbons (Fsp3) is 0.333. The van der Waals surface area contributed by atoms with Crippen molar-refractivity contribution in [3.05, 3.63) is 76.0 Å². The van der Waals surface area contributed by atoms with Crippen LogP contribution in [0.25, 0.3) is 0 Å². The SMILES string of the molecule is Cn1cc(CN(Cc2ccc(N)cc2)C(=O)NCC(=O)N2CCCC2c2ccccc2Br)nn1. The molecule has 1 fully saturated rings. The predicted octanol–water partition coefficient (Wildman–Crippen LogP) is 3.24. The third-order valence-corrected chi connectivity index (χ3v) is 6.59. The third-order valence-electron chi connectivity index (χ3n) is 5.87. The molecule has 3 amide bonds. The van der Waals surface area contributed by atoms with Gasteiger partial charge in [0.05, 0.1) is 19.1 Å². The Labute approximate surface area is 207 Å². The summed E-state index contributed by atoms with van der Waals surface area (Å²) in [5.74, 6) is -0.0986. The summed E-state index contributed by atoms with van der Waals surface area (Å²) in [6, 6.07) is 15.0. The smallest absolute Gasteiger partial charge is 0.318 e. The fourth-order valence-corrected chi connectivity index (χ4v) is 4.75. The van der Waals surface area contributed by atoms with Crippen LogP contribution in [0.5, 0.6) is 0 Å². The van der Waals surface area contributed by atoms with Crippen molar-refractivity contribution in [2.75, 3.05) is 18.8 Å². The standard InChI is InChI=1S/C24H28BrN7O2/c1-30-15-19(28-29-30)16-31(14-17-8-10-18(26)11-9-17)24(34)27-13-23(33)32-12-4-7-22(32)20-5-2-3-6-21(20)25/h2-3,5-6,8-11,15,22H,4,7,12-14,16,26H2,1H3,(H,27,34). The number of nitrogens with two attached hydrogens (primary N) is 1. The number of aryl methyl sites for hydroxylation is 1. The molecule has 178 valence electrons. The molecule has 2 aromatic carbocycles. The van der Waals surface area contributed by atoms with E-state index in [1.54, 1.807) is 35.0 Å². The highest BCUT2D eigenvalue weighted by molar-refractivity contribution is 9.10. The maximum absolute atomic E-state index is 13.1. The minimum Gasteiger partial charge on any atom is -0.399 e. The Kier molecular flexibility index (Phi) is 7.46. The lowest BCUT2D eigenvalue weighted by molar-refractivity contribution is -0.131. The molecule has 1 atom stereocenters. The van der Waals surface area contributed by atoms with Crippen molar-refractivity contribution in [3.8, 4) is 0 Å². The van der Waals surface area contributed by atoms with Crippen molar-refractivity contribution in [2.45, 2.75) is 32.0 Å². The molecule has 0 radical (unpaired) electrons. The number of halogens is 1. The van der Waals surface area contributed by atoms with Crippen LogP contribution >= 0.6 is 15.9 Å². The van der Waals surface area contributed by atoms with Crippen LogP contribution < -0.4 is 11.1 Å². The first-order valence-electron chi connectivity index (χ1n) is 11.2. The second-order valence-electron chi connectivity index (χ2n) is 8.41. The Balaban J connectivity index is 1.42. The first-order valence-corrected chi connectivity index (χ1v) is 12.0. The van der Waals surface area contributed by atoms with E-state index in [2.05, 4.69) is 31.6 Å². The van der Waals surface area contributed by atoms with Crippen LogP contribution in [0.2, 0.25) is 0 Å². The maximum Gasteiger partial charge on any atom is 0.318 e. The quantitative estimate of drug-likeness (QED) is 0.460. The molecular weight excluding hydrogens is 498 g/mol. The molecular formula is C24H28BrN7O2. The number of urea groups is 1. The Bertz CT molecular complexity index is 1150. The van der Waals surface area contributed by atoms with Crippen LogP contribution in [0.4, 0.5) is 10.5 Å². The monoisotopic (exact) mass is 525 g/mol. The van der Waals surface area contributed by atoms with E-state index in [1.165, 1.54) is 0 Å². The van der Waals surface area contributed by atoms with Crippen LogP contribution in [-0.4, -0.2) is 49.8 Å². The van der Waals surface area contributed by atoms with Gasteiger partial charge in [-0.25, -0.2) is 4.79 Å². The largest absolute Gasteiger partial charge is 0.399 e. The second kappa shape index (κ2) is 10.7. The maximum atomic E-state index is 13.1. The minimum absolute atomic E-state index is 0.00505. The Morgan fingerprint density at radius 2 is 1.94 bits per heavy atom. The summed E-state index contributed by atoms with van der Waals surface area (Å²) >= 11 is 3.60. The summed E-state index contributed by atoms with van der Waals surface area (Å²) < 4.78 is 2.58. The highest BCUT2D eigenvalue weighted by atomic mass is 79.9. The molecule has 10 heteroatoms. The molecule has 1 aliphatic rings. The van der Waals surface area contributed by atoms with E-state index < -0.39 is 0 Å². The average Bonchev–Trinajstić information content (AvgIpc) is 3.47. The number of nitrogens with zero attached hydrogens (tertiary/aromatic N) is 5. The lowest BCUT2D eigenvalue weighted by atomic mass is 10.0. The number of amides is 3. The number of anilines is 1. The van der Waals surface area contributed by atoms with Gasteiger partial charge < -0.3 is 20.9 Å². The van der Waals surface area contributed by atoms with Crippen LogP contribution in [0.3, 0.4) is 0 Å². The van der Waals surface area contributed by atoms with Gasteiger partial charge in [0.15, 0.2) is 0 Å². The number of hydrogen-bond acceptors (Lipinski definition) is 5. The van der Waals surface area contributed by atoms with Gasteiger partial charge in [-0.2, -0.15) is 0 Å². The highest BCUT2D eigenvalue weighted by Gasteiger charge is 2.31. The van der Waals surface area contributed by atoms with Crippen molar-refractivity contribution in [1.82, 2.24) is 30.1 Å². The van der Waals surface area contributed by atoms with E-state index in [0.717, 1.165) is 28.4 Å². The Morgan fingerprint density at radius 1 is 1.18 bits per heavy atom. The molecule has 1 aromatic heterocycles. The van der Waals surface area contributed by atoms with Crippen molar-refractivity contribution in [3.63, 3.8) is 0 Å². The first-order chi connectivity index (χ1) is 16.4. The van der Waals surface area contributed by atoms with Gasteiger partial charge in [-0.3, -0.25) is 9.48 Å². The van der Waals surface area contributed by atoms with Crippen molar-refractivity contribution >= 4 is 33.6 Å².